The molecule has 1 aromatic carbocycles. The fraction of sp³-hybridized carbons (Fsp3) is 0. The summed E-state index contributed by atoms with van der Waals surface area (Å²) in [6, 6.07) is 9.32. The Bertz CT molecular complexity index is 507. The van der Waals surface area contributed by atoms with Crippen LogP contribution in [0.25, 0.3) is 0 Å². The highest BCUT2D eigenvalue weighted by Gasteiger charge is 2.11. The highest BCUT2D eigenvalue weighted by Crippen LogP contribution is 2.26. The van der Waals surface area contributed by atoms with Crippen LogP contribution in [0.1, 0.15) is 9.67 Å². The Hall–Kier alpha value is -1.33. The maximum absolute atomic E-state index is 10.9. The van der Waals surface area contributed by atoms with Gasteiger partial charge in [-0.25, -0.2) is 4.79 Å². The number of halogens is 1. The summed E-state index contributed by atoms with van der Waals surface area (Å²) in [5.74, 6) is -0.908. The molecule has 0 aliphatic carbocycles. The number of hydrogen-bond donors (Lipinski definition) is 2. The van der Waals surface area contributed by atoms with Gasteiger partial charge in [0.2, 0.25) is 0 Å². The van der Waals surface area contributed by atoms with E-state index in [1.807, 2.05) is 24.3 Å². The van der Waals surface area contributed by atoms with Crippen molar-refractivity contribution in [1.29, 1.82) is 0 Å². The summed E-state index contributed by atoms with van der Waals surface area (Å²) in [6.07, 6.45) is 0. The number of rotatable bonds is 3. The smallest absolute Gasteiger partial charge is 0.348 e. The molecule has 0 fully saturated rings. The SMILES string of the molecule is O=C(O)c1sccc1Nc1ccc(Br)cc1. The minimum Gasteiger partial charge on any atom is -0.477 e. The summed E-state index contributed by atoms with van der Waals surface area (Å²) in [6.45, 7) is 0. The highest BCUT2D eigenvalue weighted by atomic mass is 79.9. The van der Waals surface area contributed by atoms with E-state index in [4.69, 9.17) is 5.11 Å². The van der Waals surface area contributed by atoms with Crippen molar-refractivity contribution >= 4 is 44.6 Å². The Labute approximate surface area is 105 Å². The molecule has 0 unspecified atom stereocenters. The monoisotopic (exact) mass is 297 g/mol. The lowest BCUT2D eigenvalue weighted by atomic mass is 10.3. The van der Waals surface area contributed by atoms with Crippen LogP contribution in [0.5, 0.6) is 0 Å². The third kappa shape index (κ3) is 2.43. The fourth-order valence-electron chi connectivity index (χ4n) is 1.26. The van der Waals surface area contributed by atoms with Gasteiger partial charge in [0.15, 0.2) is 0 Å². The van der Waals surface area contributed by atoms with Crippen LogP contribution >= 0.6 is 27.3 Å². The molecule has 0 atom stereocenters. The third-order valence-corrected chi connectivity index (χ3v) is 3.41. The zero-order chi connectivity index (χ0) is 11.5. The van der Waals surface area contributed by atoms with E-state index in [9.17, 15) is 4.79 Å². The van der Waals surface area contributed by atoms with E-state index in [1.54, 1.807) is 11.4 Å². The molecule has 0 amide bonds. The fourth-order valence-corrected chi connectivity index (χ4v) is 2.21. The molecule has 0 saturated heterocycles. The van der Waals surface area contributed by atoms with Crippen molar-refractivity contribution in [3.8, 4) is 0 Å². The van der Waals surface area contributed by atoms with Gasteiger partial charge < -0.3 is 10.4 Å². The first-order chi connectivity index (χ1) is 7.66. The molecule has 5 heteroatoms. The van der Waals surface area contributed by atoms with E-state index >= 15 is 0 Å². The third-order valence-electron chi connectivity index (χ3n) is 1.98. The number of thiophene rings is 1. The number of carboxylic acid groups (broad SMARTS) is 1. The summed E-state index contributed by atoms with van der Waals surface area (Å²) in [5, 5.41) is 13.8. The average molecular weight is 298 g/mol. The molecule has 2 aromatic rings. The molecule has 0 bridgehead atoms. The van der Waals surface area contributed by atoms with Gasteiger partial charge in [0, 0.05) is 10.2 Å². The average Bonchev–Trinajstić information content (AvgIpc) is 2.69. The first-order valence-electron chi connectivity index (χ1n) is 4.50. The van der Waals surface area contributed by atoms with Crippen LogP contribution in [-0.4, -0.2) is 11.1 Å². The van der Waals surface area contributed by atoms with E-state index in [0.29, 0.717) is 10.6 Å². The number of nitrogens with one attached hydrogen (secondary N) is 1. The second-order valence-electron chi connectivity index (χ2n) is 3.10. The van der Waals surface area contributed by atoms with E-state index in [2.05, 4.69) is 21.2 Å². The molecule has 0 spiro atoms. The molecule has 1 heterocycles. The second kappa shape index (κ2) is 4.67. The Balaban J connectivity index is 2.23. The molecule has 0 saturated carbocycles. The molecule has 0 aliphatic rings. The molecular formula is C11H8BrNO2S. The van der Waals surface area contributed by atoms with Crippen LogP contribution < -0.4 is 5.32 Å². The largest absolute Gasteiger partial charge is 0.477 e. The van der Waals surface area contributed by atoms with Gasteiger partial charge in [0.05, 0.1) is 5.69 Å². The predicted octanol–water partition coefficient (Wildman–Crippen LogP) is 3.95. The van der Waals surface area contributed by atoms with Crippen LogP contribution in [0.3, 0.4) is 0 Å². The molecule has 3 nitrogen and oxygen atoms in total. The van der Waals surface area contributed by atoms with Crippen molar-refractivity contribution < 1.29 is 9.90 Å². The standard InChI is InChI=1S/C11H8BrNO2S/c12-7-1-3-8(4-2-7)13-9-5-6-16-10(9)11(14)15/h1-6,13H,(H,14,15). The molecule has 0 aliphatic heterocycles. The summed E-state index contributed by atoms with van der Waals surface area (Å²) in [4.78, 5) is 11.2. The second-order valence-corrected chi connectivity index (χ2v) is 4.93. The number of carbonyl (C=O) groups is 1. The summed E-state index contributed by atoms with van der Waals surface area (Å²) in [5.41, 5.74) is 1.49. The van der Waals surface area contributed by atoms with Crippen molar-refractivity contribution in [1.82, 2.24) is 0 Å². The number of benzene rings is 1. The molecule has 2 rings (SSSR count). The van der Waals surface area contributed by atoms with Gasteiger partial charge >= 0.3 is 5.97 Å². The quantitative estimate of drug-likeness (QED) is 0.902. The van der Waals surface area contributed by atoms with Gasteiger partial charge in [-0.15, -0.1) is 11.3 Å². The molecular weight excluding hydrogens is 290 g/mol. The maximum Gasteiger partial charge on any atom is 0.348 e. The summed E-state index contributed by atoms with van der Waals surface area (Å²) in [7, 11) is 0. The lowest BCUT2D eigenvalue weighted by Crippen LogP contribution is -1.98. The van der Waals surface area contributed by atoms with Gasteiger partial charge in [0.1, 0.15) is 4.88 Å². The highest BCUT2D eigenvalue weighted by molar-refractivity contribution is 9.10. The molecule has 16 heavy (non-hydrogen) atoms. The van der Waals surface area contributed by atoms with E-state index in [0.717, 1.165) is 10.2 Å². The normalized spacial score (nSPS) is 10.1. The van der Waals surface area contributed by atoms with Crippen LogP contribution in [0.15, 0.2) is 40.2 Å². The molecule has 2 N–H and O–H groups in total. The van der Waals surface area contributed by atoms with Crippen LogP contribution in [0, 0.1) is 0 Å². The predicted molar refractivity (Wildman–Crippen MR) is 68.7 cm³/mol. The molecule has 82 valence electrons. The van der Waals surface area contributed by atoms with Gasteiger partial charge in [0.25, 0.3) is 0 Å². The Morgan fingerprint density at radius 2 is 1.94 bits per heavy atom. The lowest BCUT2D eigenvalue weighted by molar-refractivity contribution is 0.0703. The summed E-state index contributed by atoms with van der Waals surface area (Å²) >= 11 is 4.55. The van der Waals surface area contributed by atoms with Gasteiger partial charge in [-0.3, -0.25) is 0 Å². The molecule has 1 aromatic heterocycles. The van der Waals surface area contributed by atoms with E-state index in [-0.39, 0.29) is 0 Å². The Morgan fingerprint density at radius 1 is 1.25 bits per heavy atom. The van der Waals surface area contributed by atoms with Crippen molar-refractivity contribution in [2.24, 2.45) is 0 Å². The number of hydrogen-bond acceptors (Lipinski definition) is 3. The maximum atomic E-state index is 10.9. The Morgan fingerprint density at radius 3 is 2.56 bits per heavy atom. The minimum atomic E-state index is -0.908. The topological polar surface area (TPSA) is 49.3 Å². The number of carboxylic acids is 1. The zero-order valence-corrected chi connectivity index (χ0v) is 10.5. The van der Waals surface area contributed by atoms with Crippen LogP contribution in [-0.2, 0) is 0 Å². The number of anilines is 2. The van der Waals surface area contributed by atoms with Crippen LogP contribution in [0.4, 0.5) is 11.4 Å². The van der Waals surface area contributed by atoms with Crippen molar-refractivity contribution in [3.05, 3.63) is 45.1 Å². The van der Waals surface area contributed by atoms with Crippen molar-refractivity contribution in [2.45, 2.75) is 0 Å². The van der Waals surface area contributed by atoms with Gasteiger partial charge in [-0.05, 0) is 35.7 Å². The zero-order valence-electron chi connectivity index (χ0n) is 8.11. The van der Waals surface area contributed by atoms with Crippen molar-refractivity contribution in [2.75, 3.05) is 5.32 Å². The number of aromatic carboxylic acids is 1. The van der Waals surface area contributed by atoms with E-state index < -0.39 is 5.97 Å². The molecule has 0 radical (unpaired) electrons. The van der Waals surface area contributed by atoms with Gasteiger partial charge in [-0.1, -0.05) is 15.9 Å². The van der Waals surface area contributed by atoms with E-state index in [1.165, 1.54) is 11.3 Å². The lowest BCUT2D eigenvalue weighted by Gasteiger charge is -2.05. The first kappa shape index (κ1) is 11.2. The summed E-state index contributed by atoms with van der Waals surface area (Å²) < 4.78 is 0.988. The van der Waals surface area contributed by atoms with Gasteiger partial charge in [-0.2, -0.15) is 0 Å². The first-order valence-corrected chi connectivity index (χ1v) is 6.17. The van der Waals surface area contributed by atoms with Crippen molar-refractivity contribution in [3.63, 3.8) is 0 Å². The van der Waals surface area contributed by atoms with Crippen LogP contribution in [0.2, 0.25) is 0 Å². The minimum absolute atomic E-state index is 0.322. The Kier molecular flexibility index (Phi) is 3.26.